The third kappa shape index (κ3) is 1.10. The number of anilines is 1. The molecule has 1 aliphatic rings. The van der Waals surface area contributed by atoms with Gasteiger partial charge in [0, 0.05) is 34.3 Å². The van der Waals surface area contributed by atoms with Crippen LogP contribution in [-0.4, -0.2) is 6.54 Å². The molecule has 1 nitrogen and oxygen atoms in total. The predicted octanol–water partition coefficient (Wildman–Crippen LogP) is 2.64. The molecule has 0 fully saturated rings. The third-order valence-electron chi connectivity index (χ3n) is 1.96. The predicted molar refractivity (Wildman–Crippen MR) is 46.3 cm³/mol. The Labute approximate surface area is 77.3 Å². The van der Waals surface area contributed by atoms with Crippen LogP contribution in [0.15, 0.2) is 12.1 Å². The first kappa shape index (κ1) is 7.98. The molecule has 0 spiro atoms. The van der Waals surface area contributed by atoms with Crippen molar-refractivity contribution in [2.24, 2.45) is 0 Å². The Morgan fingerprint density at radius 1 is 1.33 bits per heavy atom. The van der Waals surface area contributed by atoms with E-state index in [4.69, 9.17) is 0 Å². The van der Waals surface area contributed by atoms with Crippen molar-refractivity contribution >= 4 is 21.8 Å². The topological polar surface area (TPSA) is 3.24 Å². The van der Waals surface area contributed by atoms with E-state index in [0.717, 1.165) is 6.07 Å². The Hall–Kier alpha value is -0.640. The highest BCUT2D eigenvalue weighted by Crippen LogP contribution is 2.32. The SMILES string of the molecule is Fc1cc(F)c2c(c1)N(Br)CC2. The quantitative estimate of drug-likeness (QED) is 0.623. The lowest BCUT2D eigenvalue weighted by atomic mass is 10.1. The number of nitrogens with zero attached hydrogens (tertiary/aromatic N) is 1. The summed E-state index contributed by atoms with van der Waals surface area (Å²) in [5.41, 5.74) is 1.20. The molecule has 1 heterocycles. The molecule has 1 aromatic carbocycles. The molecule has 0 saturated heterocycles. The summed E-state index contributed by atoms with van der Waals surface area (Å²) in [5, 5.41) is 0. The van der Waals surface area contributed by atoms with Crippen LogP contribution in [0.1, 0.15) is 5.56 Å². The van der Waals surface area contributed by atoms with E-state index in [-0.39, 0.29) is 0 Å². The standard InChI is InChI=1S/C8H6BrF2N/c9-12-2-1-6-7(11)3-5(10)4-8(6)12/h3-4H,1-2H2. The van der Waals surface area contributed by atoms with E-state index in [1.54, 1.807) is 3.93 Å². The lowest BCUT2D eigenvalue weighted by Gasteiger charge is -2.08. The van der Waals surface area contributed by atoms with E-state index in [9.17, 15) is 8.78 Å². The van der Waals surface area contributed by atoms with Gasteiger partial charge in [-0.15, -0.1) is 0 Å². The van der Waals surface area contributed by atoms with Crippen LogP contribution >= 0.6 is 16.1 Å². The van der Waals surface area contributed by atoms with Gasteiger partial charge in [0.2, 0.25) is 0 Å². The van der Waals surface area contributed by atoms with Crippen LogP contribution in [0.25, 0.3) is 0 Å². The molecule has 1 aliphatic heterocycles. The Kier molecular flexibility index (Phi) is 1.79. The van der Waals surface area contributed by atoms with Crippen LogP contribution in [-0.2, 0) is 6.42 Å². The maximum Gasteiger partial charge on any atom is 0.131 e. The summed E-state index contributed by atoms with van der Waals surface area (Å²) in [6.07, 6.45) is 0.632. The molecule has 0 saturated carbocycles. The third-order valence-corrected chi connectivity index (χ3v) is 2.69. The van der Waals surface area contributed by atoms with Gasteiger partial charge in [-0.25, -0.2) is 8.78 Å². The Balaban J connectivity index is 2.60. The molecule has 0 bridgehead atoms. The van der Waals surface area contributed by atoms with E-state index in [1.807, 2.05) is 0 Å². The van der Waals surface area contributed by atoms with Crippen LogP contribution in [0.3, 0.4) is 0 Å². The van der Waals surface area contributed by atoms with Gasteiger partial charge in [0.1, 0.15) is 11.6 Å². The van der Waals surface area contributed by atoms with Crippen LogP contribution < -0.4 is 3.93 Å². The first-order chi connectivity index (χ1) is 5.68. The van der Waals surface area contributed by atoms with Gasteiger partial charge in [-0.2, -0.15) is 0 Å². The fraction of sp³-hybridized carbons (Fsp3) is 0.250. The Morgan fingerprint density at radius 2 is 2.08 bits per heavy atom. The minimum Gasteiger partial charge on any atom is -0.308 e. The van der Waals surface area contributed by atoms with Gasteiger partial charge >= 0.3 is 0 Å². The average Bonchev–Trinajstić information content (AvgIpc) is 2.33. The van der Waals surface area contributed by atoms with Crippen LogP contribution in [0.2, 0.25) is 0 Å². The normalized spacial score (nSPS) is 15.1. The summed E-state index contributed by atoms with van der Waals surface area (Å²) in [7, 11) is 0. The van der Waals surface area contributed by atoms with Gasteiger partial charge in [0.05, 0.1) is 5.69 Å². The number of hydrogen-bond acceptors (Lipinski definition) is 1. The molecular formula is C8H6BrF2N. The average molecular weight is 234 g/mol. The van der Waals surface area contributed by atoms with Crippen LogP contribution in [0.4, 0.5) is 14.5 Å². The van der Waals surface area contributed by atoms with Crippen molar-refractivity contribution in [3.8, 4) is 0 Å². The Bertz CT molecular complexity index is 327. The molecule has 0 unspecified atom stereocenters. The smallest absolute Gasteiger partial charge is 0.131 e. The first-order valence-corrected chi connectivity index (χ1v) is 4.30. The zero-order valence-corrected chi connectivity index (χ0v) is 7.74. The van der Waals surface area contributed by atoms with E-state index in [2.05, 4.69) is 16.1 Å². The van der Waals surface area contributed by atoms with E-state index in [1.165, 1.54) is 6.07 Å². The summed E-state index contributed by atoms with van der Waals surface area (Å²) in [6, 6.07) is 2.26. The van der Waals surface area contributed by atoms with Gasteiger partial charge in [-0.1, -0.05) is 0 Å². The van der Waals surface area contributed by atoms with E-state index in [0.29, 0.717) is 24.2 Å². The van der Waals surface area contributed by atoms with Crippen molar-refractivity contribution in [2.75, 3.05) is 10.5 Å². The molecule has 64 valence electrons. The summed E-state index contributed by atoms with van der Waals surface area (Å²) >= 11 is 3.21. The van der Waals surface area contributed by atoms with E-state index >= 15 is 0 Å². The van der Waals surface area contributed by atoms with E-state index < -0.39 is 11.6 Å². The molecule has 1 aromatic rings. The molecule has 4 heteroatoms. The van der Waals surface area contributed by atoms with Gasteiger partial charge in [-0.05, 0) is 12.5 Å². The van der Waals surface area contributed by atoms with Crippen LogP contribution in [0.5, 0.6) is 0 Å². The van der Waals surface area contributed by atoms with Crippen molar-refractivity contribution in [1.29, 1.82) is 0 Å². The molecule has 0 amide bonds. The maximum absolute atomic E-state index is 13.0. The second kappa shape index (κ2) is 2.69. The zero-order chi connectivity index (χ0) is 8.72. The van der Waals surface area contributed by atoms with Crippen molar-refractivity contribution in [3.63, 3.8) is 0 Å². The van der Waals surface area contributed by atoms with Crippen LogP contribution in [0, 0.1) is 11.6 Å². The summed E-state index contributed by atoms with van der Waals surface area (Å²) < 4.78 is 27.4. The number of benzene rings is 1. The van der Waals surface area contributed by atoms with Crippen molar-refractivity contribution in [1.82, 2.24) is 0 Å². The fourth-order valence-corrected chi connectivity index (χ4v) is 1.88. The molecule has 0 aliphatic carbocycles. The van der Waals surface area contributed by atoms with Gasteiger partial charge in [0.15, 0.2) is 0 Å². The van der Waals surface area contributed by atoms with Gasteiger partial charge < -0.3 is 3.93 Å². The fourth-order valence-electron chi connectivity index (χ4n) is 1.38. The lowest BCUT2D eigenvalue weighted by molar-refractivity contribution is 0.577. The maximum atomic E-state index is 13.0. The highest BCUT2D eigenvalue weighted by molar-refractivity contribution is 9.10. The summed E-state index contributed by atoms with van der Waals surface area (Å²) in [5.74, 6) is -0.982. The molecular weight excluding hydrogens is 228 g/mol. The molecule has 0 N–H and O–H groups in total. The summed E-state index contributed by atoms with van der Waals surface area (Å²) in [4.78, 5) is 0. The minimum atomic E-state index is -0.530. The number of hydrogen-bond donors (Lipinski definition) is 0. The van der Waals surface area contributed by atoms with Crippen molar-refractivity contribution in [2.45, 2.75) is 6.42 Å². The van der Waals surface area contributed by atoms with Crippen molar-refractivity contribution < 1.29 is 8.78 Å². The molecule has 0 radical (unpaired) electrons. The second-order valence-corrected chi connectivity index (χ2v) is 3.58. The lowest BCUT2D eigenvalue weighted by Crippen LogP contribution is -2.03. The number of halogens is 3. The number of fused-ring (bicyclic) bond motifs is 1. The highest BCUT2D eigenvalue weighted by atomic mass is 79.9. The Morgan fingerprint density at radius 3 is 2.83 bits per heavy atom. The first-order valence-electron chi connectivity index (χ1n) is 3.60. The van der Waals surface area contributed by atoms with Gasteiger partial charge in [0.25, 0.3) is 0 Å². The zero-order valence-electron chi connectivity index (χ0n) is 6.15. The molecule has 12 heavy (non-hydrogen) atoms. The second-order valence-electron chi connectivity index (χ2n) is 2.72. The summed E-state index contributed by atoms with van der Waals surface area (Å²) in [6.45, 7) is 0.690. The molecule has 2 rings (SSSR count). The largest absolute Gasteiger partial charge is 0.308 e. The molecule has 0 atom stereocenters. The van der Waals surface area contributed by atoms with Crippen molar-refractivity contribution in [3.05, 3.63) is 29.3 Å². The minimum absolute atomic E-state index is 0.452. The number of rotatable bonds is 0. The monoisotopic (exact) mass is 233 g/mol. The highest BCUT2D eigenvalue weighted by Gasteiger charge is 2.21. The molecule has 0 aromatic heterocycles. The van der Waals surface area contributed by atoms with Gasteiger partial charge in [-0.3, -0.25) is 0 Å².